The second-order valence-electron chi connectivity index (χ2n) is 10.3. The summed E-state index contributed by atoms with van der Waals surface area (Å²) in [5.74, 6) is -7.02. The molecule has 40 heavy (non-hydrogen) atoms. The Bertz CT molecular complexity index is 1510. The number of nitrogens with two attached hydrogens (primary N) is 1. The predicted molar refractivity (Wildman–Crippen MR) is 135 cm³/mol. The lowest BCUT2D eigenvalue weighted by Gasteiger charge is -2.46. The normalized spacial score (nSPS) is 24.5. The van der Waals surface area contributed by atoms with Crippen molar-refractivity contribution in [3.63, 3.8) is 0 Å². The zero-order chi connectivity index (χ0) is 29.1. The number of aliphatic hydroxyl groups excluding tert-OH is 2. The van der Waals surface area contributed by atoms with Crippen LogP contribution in [0.1, 0.15) is 29.5 Å². The van der Waals surface area contributed by atoms with E-state index < -0.39 is 71.1 Å². The van der Waals surface area contributed by atoms with Gasteiger partial charge in [0.05, 0.1) is 12.1 Å². The number of amides is 1. The number of ketones is 2. The van der Waals surface area contributed by atoms with E-state index in [1.807, 2.05) is 0 Å². The summed E-state index contributed by atoms with van der Waals surface area (Å²) in [6, 6.07) is 9.59. The maximum atomic E-state index is 13.6. The van der Waals surface area contributed by atoms with Gasteiger partial charge in [-0.05, 0) is 47.1 Å². The molecule has 12 heteroatoms. The van der Waals surface area contributed by atoms with Crippen LogP contribution in [0.15, 0.2) is 53.3 Å². The molecule has 5 rings (SSSR count). The molecule has 1 saturated carbocycles. The molecule has 0 saturated heterocycles. The lowest BCUT2D eigenvalue weighted by Crippen LogP contribution is -2.58. The Hall–Kier alpha value is -4.16. The minimum Gasteiger partial charge on any atom is -0.508 e. The van der Waals surface area contributed by atoms with E-state index in [1.165, 1.54) is 6.07 Å². The summed E-state index contributed by atoms with van der Waals surface area (Å²) < 4.78 is 37.3. The highest BCUT2D eigenvalue weighted by molar-refractivity contribution is 6.22. The van der Waals surface area contributed by atoms with E-state index >= 15 is 0 Å². The molecule has 9 nitrogen and oxygen atoms in total. The molecule has 0 radical (unpaired) electrons. The van der Waals surface area contributed by atoms with Crippen molar-refractivity contribution < 1.29 is 48.0 Å². The van der Waals surface area contributed by atoms with Gasteiger partial charge in [-0.3, -0.25) is 14.4 Å². The second kappa shape index (κ2) is 9.49. The number of nitrogens with one attached hydrogen (secondary N) is 1. The van der Waals surface area contributed by atoms with Gasteiger partial charge in [0.15, 0.2) is 11.4 Å². The molecular formula is C28H25F3N2O7. The van der Waals surface area contributed by atoms with Gasteiger partial charge in [-0.25, -0.2) is 0 Å². The number of Topliss-reactive ketones (excluding diaryl/α,β-unsaturated/α-hetero) is 2. The van der Waals surface area contributed by atoms with Crippen molar-refractivity contribution in [2.75, 3.05) is 6.54 Å². The molecular weight excluding hydrogens is 533 g/mol. The van der Waals surface area contributed by atoms with Gasteiger partial charge in [0.2, 0.25) is 5.78 Å². The highest BCUT2D eigenvalue weighted by Crippen LogP contribution is 2.53. The number of alkyl halides is 3. The number of aromatic hydroxyl groups is 1. The number of phenols is 1. The monoisotopic (exact) mass is 558 g/mol. The number of carbonyl (C=O) groups is 3. The van der Waals surface area contributed by atoms with Crippen LogP contribution in [0.2, 0.25) is 0 Å². The van der Waals surface area contributed by atoms with Crippen LogP contribution in [0, 0.1) is 11.8 Å². The van der Waals surface area contributed by atoms with Crippen LogP contribution in [-0.4, -0.2) is 56.2 Å². The molecule has 1 amide bonds. The Kier molecular flexibility index (Phi) is 6.50. The van der Waals surface area contributed by atoms with Crippen LogP contribution < -0.4 is 11.1 Å². The predicted octanol–water partition coefficient (Wildman–Crippen LogP) is 2.74. The first kappa shape index (κ1) is 27.4. The number of phenolic OH excluding ortho intramolecular Hbond substituents is 1. The van der Waals surface area contributed by atoms with Gasteiger partial charge < -0.3 is 31.5 Å². The average Bonchev–Trinajstić information content (AvgIpc) is 2.86. The van der Waals surface area contributed by atoms with Gasteiger partial charge in [-0.2, -0.15) is 13.2 Å². The number of hydrogen-bond acceptors (Lipinski definition) is 8. The number of benzene rings is 2. The number of rotatable bonds is 5. The van der Waals surface area contributed by atoms with Crippen LogP contribution in [0.3, 0.4) is 0 Å². The summed E-state index contributed by atoms with van der Waals surface area (Å²) in [5.41, 5.74) is 3.75. The largest absolute Gasteiger partial charge is 0.508 e. The van der Waals surface area contributed by atoms with E-state index in [1.54, 1.807) is 30.3 Å². The number of aliphatic hydroxyl groups is 3. The smallest absolute Gasteiger partial charge is 0.401 e. The Morgan fingerprint density at radius 3 is 2.35 bits per heavy atom. The van der Waals surface area contributed by atoms with Crippen LogP contribution in [0.25, 0.3) is 16.9 Å². The van der Waals surface area contributed by atoms with E-state index in [2.05, 4.69) is 5.32 Å². The molecule has 3 aliphatic carbocycles. The number of fused-ring (bicyclic) bond motifs is 3. The van der Waals surface area contributed by atoms with Gasteiger partial charge in [0, 0.05) is 24.5 Å². The third-order valence-electron chi connectivity index (χ3n) is 7.87. The maximum Gasteiger partial charge on any atom is 0.401 e. The molecule has 3 aliphatic rings. The molecule has 1 fully saturated rings. The topological polar surface area (TPSA) is 170 Å². The minimum atomic E-state index is -4.33. The molecule has 3 atom stereocenters. The molecule has 0 heterocycles. The first-order chi connectivity index (χ1) is 18.7. The summed E-state index contributed by atoms with van der Waals surface area (Å²) in [5, 5.41) is 46.2. The molecule has 0 spiro atoms. The van der Waals surface area contributed by atoms with Crippen molar-refractivity contribution in [2.24, 2.45) is 17.6 Å². The number of hydrogen-bond donors (Lipinski definition) is 6. The van der Waals surface area contributed by atoms with Crippen molar-refractivity contribution in [1.82, 2.24) is 5.32 Å². The highest BCUT2D eigenvalue weighted by Gasteiger charge is 2.60. The van der Waals surface area contributed by atoms with Crippen LogP contribution in [0.4, 0.5) is 13.2 Å². The molecule has 2 aromatic carbocycles. The van der Waals surface area contributed by atoms with E-state index in [4.69, 9.17) is 5.73 Å². The summed E-state index contributed by atoms with van der Waals surface area (Å²) in [6.07, 6.45) is -4.62. The third-order valence-corrected chi connectivity index (χ3v) is 7.87. The zero-order valence-corrected chi connectivity index (χ0v) is 20.9. The number of halogens is 3. The molecule has 3 unspecified atom stereocenters. The fourth-order valence-electron chi connectivity index (χ4n) is 6.04. The fraction of sp³-hybridized carbons (Fsp3) is 0.321. The number of primary amides is 1. The second-order valence-corrected chi connectivity index (χ2v) is 10.3. The van der Waals surface area contributed by atoms with Gasteiger partial charge in [-0.1, -0.05) is 30.3 Å². The molecule has 0 aliphatic heterocycles. The lowest BCUT2D eigenvalue weighted by atomic mass is 9.59. The zero-order valence-electron chi connectivity index (χ0n) is 20.9. The van der Waals surface area contributed by atoms with Crippen molar-refractivity contribution in [2.45, 2.75) is 37.6 Å². The van der Waals surface area contributed by atoms with Crippen molar-refractivity contribution >= 4 is 23.2 Å². The summed E-state index contributed by atoms with van der Waals surface area (Å²) >= 11 is 0. The van der Waals surface area contributed by atoms with Crippen molar-refractivity contribution in [3.05, 3.63) is 70.0 Å². The Balaban J connectivity index is 1.54. The van der Waals surface area contributed by atoms with Gasteiger partial charge in [0.1, 0.15) is 22.8 Å². The van der Waals surface area contributed by atoms with Gasteiger partial charge in [0.25, 0.3) is 5.91 Å². The average molecular weight is 559 g/mol. The van der Waals surface area contributed by atoms with E-state index in [0.717, 1.165) is 0 Å². The Morgan fingerprint density at radius 1 is 1.05 bits per heavy atom. The van der Waals surface area contributed by atoms with E-state index in [0.29, 0.717) is 22.3 Å². The van der Waals surface area contributed by atoms with Gasteiger partial charge in [-0.15, -0.1) is 0 Å². The first-order valence-corrected chi connectivity index (χ1v) is 12.4. The lowest BCUT2D eigenvalue weighted by molar-refractivity contribution is -0.147. The highest BCUT2D eigenvalue weighted by atomic mass is 19.4. The summed E-state index contributed by atoms with van der Waals surface area (Å²) in [7, 11) is 0. The minimum absolute atomic E-state index is 0.00181. The van der Waals surface area contributed by atoms with Crippen LogP contribution in [-0.2, 0) is 27.3 Å². The fourth-order valence-corrected chi connectivity index (χ4v) is 6.04. The van der Waals surface area contributed by atoms with Crippen molar-refractivity contribution in [1.29, 1.82) is 0 Å². The van der Waals surface area contributed by atoms with E-state index in [-0.39, 0.29) is 36.3 Å². The SMILES string of the molecule is NC(=O)C1=C(O)C2(O)C(=O)C3=C(O)c4c(O)ccc(-c5ccc(CNCC(F)(F)F)cc5)c4CC3CC2CC1=O. The van der Waals surface area contributed by atoms with Crippen LogP contribution in [0.5, 0.6) is 5.75 Å². The molecule has 210 valence electrons. The molecule has 7 N–H and O–H groups in total. The van der Waals surface area contributed by atoms with Crippen molar-refractivity contribution in [3.8, 4) is 16.9 Å². The number of carbonyl (C=O) groups excluding carboxylic acids is 3. The standard InChI is InChI=1S/C28H25F3N2O7/c29-27(30,31)11-33-10-12-1-3-13(4-2-12)16-5-6-18(34)21-17(16)8-14-7-15-9-19(35)22(26(32)39)25(38)28(15,40)24(37)20(14)23(21)36/h1-6,14-15,33-34,36,38,40H,7-11H2,(H2,32,39). The first-order valence-electron chi connectivity index (χ1n) is 12.4. The molecule has 2 aromatic rings. The van der Waals surface area contributed by atoms with E-state index in [9.17, 15) is 48.0 Å². The maximum absolute atomic E-state index is 13.6. The summed E-state index contributed by atoms with van der Waals surface area (Å²) in [4.78, 5) is 37.8. The molecule has 0 bridgehead atoms. The Labute approximate surface area is 225 Å². The third kappa shape index (κ3) is 4.33. The summed E-state index contributed by atoms with van der Waals surface area (Å²) in [6.45, 7) is -1.14. The molecule has 0 aromatic heterocycles. The van der Waals surface area contributed by atoms with Crippen LogP contribution >= 0.6 is 0 Å². The quantitative estimate of drug-likeness (QED) is 0.304. The van der Waals surface area contributed by atoms with Gasteiger partial charge >= 0.3 is 6.18 Å². The Morgan fingerprint density at radius 2 is 1.73 bits per heavy atom.